The van der Waals surface area contributed by atoms with E-state index in [4.69, 9.17) is 4.98 Å². The van der Waals surface area contributed by atoms with Gasteiger partial charge in [-0.05, 0) is 66.2 Å². The molecule has 9 nitrogen and oxygen atoms in total. The number of benzene rings is 2. The molecule has 2 amide bonds. The molecule has 11 heteroatoms. The molecule has 2 N–H and O–H groups in total. The standard InChI is InChI=1S/C32H25FN6O3S/c1-38(31(42)20-6-3-2-4-7-20)22-9-10-25-24(19-22)36-32(39(25)17-14-23-26(40)8-5-15-34-23)37-30(41)28-12-11-27(43-28)21-13-16-35-29(33)18-21/h2-13,15-16,18-19,40H,14,17H2,1H3,(H,36,37,41). The van der Waals surface area contributed by atoms with E-state index >= 15 is 0 Å². The third-order valence-corrected chi connectivity index (χ3v) is 8.08. The van der Waals surface area contributed by atoms with Gasteiger partial charge in [0.15, 0.2) is 0 Å². The summed E-state index contributed by atoms with van der Waals surface area (Å²) >= 11 is 1.22. The molecule has 2 aromatic carbocycles. The second kappa shape index (κ2) is 11.8. The van der Waals surface area contributed by atoms with Crippen LogP contribution in [0.15, 0.2) is 97.3 Å². The smallest absolute Gasteiger partial charge is 0.268 e. The lowest BCUT2D eigenvalue weighted by Gasteiger charge is -2.17. The van der Waals surface area contributed by atoms with Gasteiger partial charge in [-0.1, -0.05) is 18.2 Å². The maximum absolute atomic E-state index is 13.6. The average molecular weight is 593 g/mol. The van der Waals surface area contributed by atoms with Crippen LogP contribution in [0.5, 0.6) is 5.75 Å². The summed E-state index contributed by atoms with van der Waals surface area (Å²) in [5.74, 6) is -0.755. The summed E-state index contributed by atoms with van der Waals surface area (Å²) in [5.41, 5.74) is 3.64. The quantitative estimate of drug-likeness (QED) is 0.204. The lowest BCUT2D eigenvalue weighted by molar-refractivity contribution is 0.0991. The van der Waals surface area contributed by atoms with Crippen LogP contribution in [0.4, 0.5) is 16.0 Å². The van der Waals surface area contributed by atoms with Crippen molar-refractivity contribution in [3.8, 4) is 16.2 Å². The van der Waals surface area contributed by atoms with Gasteiger partial charge in [0.05, 0.1) is 21.6 Å². The normalized spacial score (nSPS) is 11.0. The molecule has 0 atom stereocenters. The van der Waals surface area contributed by atoms with E-state index in [1.807, 2.05) is 34.9 Å². The van der Waals surface area contributed by atoms with Crippen molar-refractivity contribution in [3.05, 3.63) is 119 Å². The SMILES string of the molecule is CN(C(=O)c1ccccc1)c1ccc2c(c1)nc(NC(=O)c1ccc(-c3ccnc(F)c3)s1)n2CCc1ncccc1O. The molecule has 0 bridgehead atoms. The summed E-state index contributed by atoms with van der Waals surface area (Å²) in [6, 6.07) is 24.1. The molecule has 0 radical (unpaired) electrons. The summed E-state index contributed by atoms with van der Waals surface area (Å²) < 4.78 is 15.5. The minimum atomic E-state index is -0.597. The van der Waals surface area contributed by atoms with E-state index in [9.17, 15) is 19.1 Å². The van der Waals surface area contributed by atoms with Crippen molar-refractivity contribution < 1.29 is 19.1 Å². The highest BCUT2D eigenvalue weighted by Crippen LogP contribution is 2.30. The molecule has 0 aliphatic carbocycles. The van der Waals surface area contributed by atoms with Crippen molar-refractivity contribution in [2.75, 3.05) is 17.3 Å². The predicted octanol–water partition coefficient (Wildman–Crippen LogP) is 6.17. The fraction of sp³-hybridized carbons (Fsp3) is 0.0938. The van der Waals surface area contributed by atoms with Crippen LogP contribution in [0.25, 0.3) is 21.5 Å². The van der Waals surface area contributed by atoms with Crippen LogP contribution in [-0.2, 0) is 13.0 Å². The summed E-state index contributed by atoms with van der Waals surface area (Å²) in [7, 11) is 1.70. The molecular formula is C32H25FN6O3S. The molecule has 0 saturated carbocycles. The highest BCUT2D eigenvalue weighted by molar-refractivity contribution is 7.17. The fourth-order valence-electron chi connectivity index (χ4n) is 4.71. The molecule has 4 heterocycles. The first-order valence-corrected chi connectivity index (χ1v) is 14.2. The Morgan fingerprint density at radius 2 is 1.81 bits per heavy atom. The van der Waals surface area contributed by atoms with Crippen molar-refractivity contribution in [3.63, 3.8) is 0 Å². The highest BCUT2D eigenvalue weighted by Gasteiger charge is 2.20. The molecule has 4 aromatic heterocycles. The molecule has 0 unspecified atom stereocenters. The Morgan fingerprint density at radius 1 is 0.977 bits per heavy atom. The summed E-state index contributed by atoms with van der Waals surface area (Å²) in [6.07, 6.45) is 3.37. The molecule has 0 aliphatic rings. The van der Waals surface area contributed by atoms with E-state index in [0.717, 1.165) is 10.4 Å². The van der Waals surface area contributed by atoms with E-state index in [2.05, 4.69) is 15.3 Å². The number of carbonyl (C=O) groups excluding carboxylic acids is 2. The molecule has 0 fully saturated rings. The van der Waals surface area contributed by atoms with Crippen LogP contribution in [0.2, 0.25) is 0 Å². The monoisotopic (exact) mass is 592 g/mol. The predicted molar refractivity (Wildman–Crippen MR) is 164 cm³/mol. The summed E-state index contributed by atoms with van der Waals surface area (Å²) in [5, 5.41) is 13.2. The number of aryl methyl sites for hydroxylation is 2. The number of fused-ring (bicyclic) bond motifs is 1. The molecule has 0 spiro atoms. The van der Waals surface area contributed by atoms with Crippen LogP contribution in [0, 0.1) is 5.95 Å². The zero-order valence-electron chi connectivity index (χ0n) is 22.9. The Kier molecular flexibility index (Phi) is 7.63. The van der Waals surface area contributed by atoms with Crippen LogP contribution in [0.1, 0.15) is 25.7 Å². The number of thiophene rings is 1. The topological polar surface area (TPSA) is 113 Å². The zero-order valence-corrected chi connectivity index (χ0v) is 23.8. The number of imidazole rings is 1. The van der Waals surface area contributed by atoms with E-state index in [1.54, 1.807) is 66.7 Å². The highest BCUT2D eigenvalue weighted by atomic mass is 32.1. The van der Waals surface area contributed by atoms with E-state index in [1.165, 1.54) is 23.6 Å². The number of hydrogen-bond donors (Lipinski definition) is 2. The number of amides is 2. The van der Waals surface area contributed by atoms with Gasteiger partial charge in [0, 0.05) is 54.6 Å². The number of hydrogen-bond acceptors (Lipinski definition) is 7. The number of aromatic nitrogens is 4. The number of pyridine rings is 2. The first-order valence-electron chi connectivity index (χ1n) is 13.4. The lowest BCUT2D eigenvalue weighted by atomic mass is 10.2. The van der Waals surface area contributed by atoms with Crippen LogP contribution < -0.4 is 10.2 Å². The fourth-order valence-corrected chi connectivity index (χ4v) is 5.61. The van der Waals surface area contributed by atoms with Gasteiger partial charge in [-0.2, -0.15) is 4.39 Å². The minimum absolute atomic E-state index is 0.0829. The number of aromatic hydroxyl groups is 1. The average Bonchev–Trinajstić information content (AvgIpc) is 3.65. The Labute approximate surface area is 249 Å². The van der Waals surface area contributed by atoms with Crippen LogP contribution in [0.3, 0.4) is 0 Å². The van der Waals surface area contributed by atoms with Crippen molar-refractivity contribution in [1.82, 2.24) is 19.5 Å². The Morgan fingerprint density at radius 3 is 2.60 bits per heavy atom. The molecule has 6 aromatic rings. The van der Waals surface area contributed by atoms with Crippen LogP contribution >= 0.6 is 11.3 Å². The third kappa shape index (κ3) is 5.84. The van der Waals surface area contributed by atoms with Crippen molar-refractivity contribution in [1.29, 1.82) is 0 Å². The molecular weight excluding hydrogens is 567 g/mol. The van der Waals surface area contributed by atoms with Gasteiger partial charge in [0.25, 0.3) is 11.8 Å². The summed E-state index contributed by atoms with van der Waals surface area (Å²) in [4.78, 5) is 41.7. The Hall–Kier alpha value is -5.42. The van der Waals surface area contributed by atoms with Crippen molar-refractivity contribution in [2.45, 2.75) is 13.0 Å². The number of anilines is 2. The van der Waals surface area contributed by atoms with E-state index in [0.29, 0.717) is 51.8 Å². The van der Waals surface area contributed by atoms with Crippen molar-refractivity contribution in [2.24, 2.45) is 0 Å². The van der Waals surface area contributed by atoms with Gasteiger partial charge in [-0.25, -0.2) is 9.97 Å². The number of nitrogens with one attached hydrogen (secondary N) is 1. The minimum Gasteiger partial charge on any atom is -0.506 e. The molecule has 0 aliphatic heterocycles. The van der Waals surface area contributed by atoms with E-state index < -0.39 is 5.95 Å². The maximum atomic E-state index is 13.6. The van der Waals surface area contributed by atoms with E-state index in [-0.39, 0.29) is 17.6 Å². The molecule has 43 heavy (non-hydrogen) atoms. The number of nitrogens with zero attached hydrogens (tertiary/aromatic N) is 5. The number of rotatable bonds is 8. The van der Waals surface area contributed by atoms with Gasteiger partial charge < -0.3 is 14.6 Å². The largest absolute Gasteiger partial charge is 0.506 e. The van der Waals surface area contributed by atoms with Gasteiger partial charge in [0.1, 0.15) is 5.75 Å². The number of halogens is 1. The molecule has 6 rings (SSSR count). The first kappa shape index (κ1) is 27.7. The molecule has 0 saturated heterocycles. The van der Waals surface area contributed by atoms with Crippen LogP contribution in [-0.4, -0.2) is 43.5 Å². The van der Waals surface area contributed by atoms with Gasteiger partial charge in [0.2, 0.25) is 11.9 Å². The van der Waals surface area contributed by atoms with Gasteiger partial charge in [-0.15, -0.1) is 11.3 Å². The second-order valence-electron chi connectivity index (χ2n) is 9.69. The first-order chi connectivity index (χ1) is 20.9. The Balaban J connectivity index is 1.32. The third-order valence-electron chi connectivity index (χ3n) is 6.95. The molecule has 214 valence electrons. The van der Waals surface area contributed by atoms with Gasteiger partial charge in [-0.3, -0.25) is 19.9 Å². The van der Waals surface area contributed by atoms with Crippen molar-refractivity contribution >= 4 is 45.8 Å². The lowest BCUT2D eigenvalue weighted by Crippen LogP contribution is -2.26. The summed E-state index contributed by atoms with van der Waals surface area (Å²) in [6.45, 7) is 0.362. The van der Waals surface area contributed by atoms with Gasteiger partial charge >= 0.3 is 0 Å². The number of carbonyl (C=O) groups is 2. The zero-order chi connectivity index (χ0) is 29.9. The maximum Gasteiger partial charge on any atom is 0.268 e. The second-order valence-corrected chi connectivity index (χ2v) is 10.8. The Bertz CT molecular complexity index is 1960.